The lowest BCUT2D eigenvalue weighted by atomic mass is 9.92. The van der Waals surface area contributed by atoms with Gasteiger partial charge in [-0.05, 0) is 48.6 Å². The zero-order valence-electron chi connectivity index (χ0n) is 12.9. The van der Waals surface area contributed by atoms with Crippen LogP contribution in [0.1, 0.15) is 41.6 Å². The first-order valence-corrected chi connectivity index (χ1v) is 7.27. The number of nitrogens with two attached hydrogens (primary N) is 1. The van der Waals surface area contributed by atoms with Crippen molar-refractivity contribution in [1.29, 1.82) is 0 Å². The molecule has 2 aromatic rings. The Morgan fingerprint density at radius 2 is 1.95 bits per heavy atom. The third kappa shape index (κ3) is 3.60. The van der Waals surface area contributed by atoms with Gasteiger partial charge in [-0.15, -0.1) is 0 Å². The average molecular weight is 285 g/mol. The van der Waals surface area contributed by atoms with E-state index in [0.29, 0.717) is 6.61 Å². The van der Waals surface area contributed by atoms with Gasteiger partial charge in [0.2, 0.25) is 0 Å². The van der Waals surface area contributed by atoms with Crippen molar-refractivity contribution in [2.24, 2.45) is 5.84 Å². The van der Waals surface area contributed by atoms with E-state index < -0.39 is 0 Å². The van der Waals surface area contributed by atoms with Crippen molar-refractivity contribution in [2.45, 2.75) is 33.2 Å². The molecule has 0 spiro atoms. The summed E-state index contributed by atoms with van der Waals surface area (Å²) in [4.78, 5) is 4.27. The van der Waals surface area contributed by atoms with E-state index in [0.717, 1.165) is 17.7 Å². The molecule has 4 heteroatoms. The number of hydrogen-bond acceptors (Lipinski definition) is 4. The first-order chi connectivity index (χ1) is 10.2. The van der Waals surface area contributed by atoms with Crippen LogP contribution >= 0.6 is 0 Å². The molecule has 0 radical (unpaired) electrons. The molecule has 0 aliphatic carbocycles. The molecule has 0 saturated heterocycles. The molecule has 1 unspecified atom stereocenters. The quantitative estimate of drug-likeness (QED) is 0.632. The van der Waals surface area contributed by atoms with E-state index in [4.69, 9.17) is 10.6 Å². The number of rotatable bonds is 6. The Morgan fingerprint density at radius 3 is 2.57 bits per heavy atom. The van der Waals surface area contributed by atoms with E-state index in [2.05, 4.69) is 49.4 Å². The molecule has 0 aliphatic rings. The molecule has 1 heterocycles. The molecule has 0 saturated carbocycles. The van der Waals surface area contributed by atoms with E-state index >= 15 is 0 Å². The highest BCUT2D eigenvalue weighted by atomic mass is 16.5. The zero-order valence-corrected chi connectivity index (χ0v) is 12.9. The van der Waals surface area contributed by atoms with Gasteiger partial charge >= 0.3 is 0 Å². The highest BCUT2D eigenvalue weighted by Gasteiger charge is 2.17. The van der Waals surface area contributed by atoms with Crippen molar-refractivity contribution in [3.63, 3.8) is 0 Å². The fourth-order valence-electron chi connectivity index (χ4n) is 2.52. The van der Waals surface area contributed by atoms with Gasteiger partial charge in [-0.1, -0.05) is 25.1 Å². The lowest BCUT2D eigenvalue weighted by Crippen LogP contribution is -2.30. The predicted octanol–water partition coefficient (Wildman–Crippen LogP) is 3.04. The van der Waals surface area contributed by atoms with Crippen molar-refractivity contribution < 1.29 is 4.74 Å². The van der Waals surface area contributed by atoms with Crippen molar-refractivity contribution in [1.82, 2.24) is 10.4 Å². The number of ether oxygens (including phenoxy) is 1. The van der Waals surface area contributed by atoms with Crippen molar-refractivity contribution in [3.8, 4) is 5.75 Å². The maximum Gasteiger partial charge on any atom is 0.137 e. The van der Waals surface area contributed by atoms with Crippen LogP contribution < -0.4 is 16.0 Å². The SMILES string of the molecule is CCCOc1cncc(C(NN)c2c(C)cccc2C)c1. The van der Waals surface area contributed by atoms with Crippen molar-refractivity contribution in [3.05, 3.63) is 58.9 Å². The van der Waals surface area contributed by atoms with Crippen LogP contribution in [0, 0.1) is 13.8 Å². The highest BCUT2D eigenvalue weighted by molar-refractivity contribution is 5.42. The van der Waals surface area contributed by atoms with Gasteiger partial charge in [0, 0.05) is 6.20 Å². The Morgan fingerprint density at radius 1 is 1.24 bits per heavy atom. The number of aromatic nitrogens is 1. The van der Waals surface area contributed by atoms with E-state index in [1.807, 2.05) is 12.3 Å². The van der Waals surface area contributed by atoms with Gasteiger partial charge in [-0.3, -0.25) is 10.8 Å². The van der Waals surface area contributed by atoms with Crippen LogP contribution in [0.5, 0.6) is 5.75 Å². The lowest BCUT2D eigenvalue weighted by molar-refractivity contribution is 0.315. The number of hydrazine groups is 1. The Hall–Kier alpha value is -1.91. The molecule has 3 N–H and O–H groups in total. The molecule has 1 aromatic carbocycles. The summed E-state index contributed by atoms with van der Waals surface area (Å²) in [6.45, 7) is 6.96. The van der Waals surface area contributed by atoms with Crippen LogP contribution in [-0.4, -0.2) is 11.6 Å². The third-order valence-corrected chi connectivity index (χ3v) is 3.54. The molecule has 2 rings (SSSR count). The number of nitrogens with zero attached hydrogens (tertiary/aromatic N) is 1. The maximum atomic E-state index is 5.81. The van der Waals surface area contributed by atoms with Gasteiger partial charge < -0.3 is 4.74 Å². The monoisotopic (exact) mass is 285 g/mol. The lowest BCUT2D eigenvalue weighted by Gasteiger charge is -2.21. The number of pyridine rings is 1. The number of benzene rings is 1. The van der Waals surface area contributed by atoms with Crippen LogP contribution in [0.2, 0.25) is 0 Å². The first kappa shape index (κ1) is 15.5. The molecule has 0 aliphatic heterocycles. The van der Waals surface area contributed by atoms with Crippen LogP contribution in [-0.2, 0) is 0 Å². The molecule has 1 atom stereocenters. The third-order valence-electron chi connectivity index (χ3n) is 3.54. The summed E-state index contributed by atoms with van der Waals surface area (Å²) in [6, 6.07) is 8.15. The van der Waals surface area contributed by atoms with Crippen LogP contribution in [0.15, 0.2) is 36.7 Å². The molecule has 4 nitrogen and oxygen atoms in total. The second kappa shape index (κ2) is 7.20. The molecule has 1 aromatic heterocycles. The summed E-state index contributed by atoms with van der Waals surface area (Å²) in [7, 11) is 0. The minimum Gasteiger partial charge on any atom is -0.492 e. The normalized spacial score (nSPS) is 12.2. The minimum atomic E-state index is -0.0936. The summed E-state index contributed by atoms with van der Waals surface area (Å²) in [5.41, 5.74) is 7.51. The van der Waals surface area contributed by atoms with Gasteiger partial charge in [-0.2, -0.15) is 0 Å². The number of aryl methyl sites for hydroxylation is 2. The molecule has 0 fully saturated rings. The predicted molar refractivity (Wildman–Crippen MR) is 85.1 cm³/mol. The van der Waals surface area contributed by atoms with Gasteiger partial charge in [0.05, 0.1) is 18.8 Å². The zero-order chi connectivity index (χ0) is 15.2. The van der Waals surface area contributed by atoms with E-state index in [1.165, 1.54) is 16.7 Å². The average Bonchev–Trinajstić information content (AvgIpc) is 2.49. The van der Waals surface area contributed by atoms with Gasteiger partial charge in [0.25, 0.3) is 0 Å². The summed E-state index contributed by atoms with van der Waals surface area (Å²) in [6.07, 6.45) is 4.53. The van der Waals surface area contributed by atoms with Gasteiger partial charge in [0.1, 0.15) is 5.75 Å². The summed E-state index contributed by atoms with van der Waals surface area (Å²) >= 11 is 0. The van der Waals surface area contributed by atoms with Crippen LogP contribution in [0.25, 0.3) is 0 Å². The van der Waals surface area contributed by atoms with Gasteiger partial charge in [0.15, 0.2) is 0 Å². The van der Waals surface area contributed by atoms with Crippen LogP contribution in [0.3, 0.4) is 0 Å². The van der Waals surface area contributed by atoms with Crippen LogP contribution in [0.4, 0.5) is 0 Å². The summed E-state index contributed by atoms with van der Waals surface area (Å²) in [5, 5.41) is 0. The Bertz CT molecular complexity index is 578. The second-order valence-electron chi connectivity index (χ2n) is 5.21. The Balaban J connectivity index is 2.37. The van der Waals surface area contributed by atoms with Crippen molar-refractivity contribution >= 4 is 0 Å². The molecule has 112 valence electrons. The summed E-state index contributed by atoms with van der Waals surface area (Å²) in [5.74, 6) is 6.58. The van der Waals surface area contributed by atoms with E-state index in [-0.39, 0.29) is 6.04 Å². The van der Waals surface area contributed by atoms with E-state index in [9.17, 15) is 0 Å². The number of hydrogen-bond donors (Lipinski definition) is 2. The molecular formula is C17H23N3O. The second-order valence-corrected chi connectivity index (χ2v) is 5.21. The first-order valence-electron chi connectivity index (χ1n) is 7.27. The summed E-state index contributed by atoms with van der Waals surface area (Å²) < 4.78 is 5.66. The topological polar surface area (TPSA) is 60.2 Å². The fourth-order valence-corrected chi connectivity index (χ4v) is 2.52. The maximum absolute atomic E-state index is 5.81. The van der Waals surface area contributed by atoms with Crippen molar-refractivity contribution in [2.75, 3.05) is 6.61 Å². The van der Waals surface area contributed by atoms with Gasteiger partial charge in [-0.25, -0.2) is 5.43 Å². The number of nitrogens with one attached hydrogen (secondary N) is 1. The molecule has 0 bridgehead atoms. The fraction of sp³-hybridized carbons (Fsp3) is 0.353. The Labute approximate surface area is 126 Å². The highest BCUT2D eigenvalue weighted by Crippen LogP contribution is 2.28. The molecular weight excluding hydrogens is 262 g/mol. The molecule has 21 heavy (non-hydrogen) atoms. The Kier molecular flexibility index (Phi) is 5.31. The minimum absolute atomic E-state index is 0.0936. The standard InChI is InChI=1S/C17H23N3O/c1-4-8-21-15-9-14(10-19-11-15)17(20-18)16-12(2)6-5-7-13(16)3/h5-7,9-11,17,20H,4,8,18H2,1-3H3. The van der Waals surface area contributed by atoms with E-state index in [1.54, 1.807) is 6.20 Å². The smallest absolute Gasteiger partial charge is 0.137 e. The largest absolute Gasteiger partial charge is 0.492 e. The molecule has 0 amide bonds.